The van der Waals surface area contributed by atoms with Gasteiger partial charge in [-0.25, -0.2) is 0 Å². The zero-order chi connectivity index (χ0) is 12.4. The van der Waals surface area contributed by atoms with Crippen molar-refractivity contribution >= 4 is 17.8 Å². The zero-order valence-electron chi connectivity index (χ0n) is 9.20. The number of nitrogens with two attached hydrogens (primary N) is 1. The molecule has 0 saturated carbocycles. The fourth-order valence-electron chi connectivity index (χ4n) is 1.14. The fraction of sp³-hybridized carbons (Fsp3) is 0.700. The van der Waals surface area contributed by atoms with E-state index in [4.69, 9.17) is 10.8 Å². The van der Waals surface area contributed by atoms with Gasteiger partial charge in [-0.3, -0.25) is 14.4 Å². The molecule has 0 aromatic heterocycles. The second kappa shape index (κ2) is 8.70. The lowest BCUT2D eigenvalue weighted by Crippen LogP contribution is -2.24. The summed E-state index contributed by atoms with van der Waals surface area (Å²) in [7, 11) is 0. The topological polar surface area (TPSA) is 109 Å². The maximum Gasteiger partial charge on any atom is 0.303 e. The molecule has 0 saturated heterocycles. The number of carbonyl (C=O) groups excluding carboxylic acids is 2. The number of rotatable bonds is 9. The van der Waals surface area contributed by atoms with Crippen LogP contribution in [-0.4, -0.2) is 29.4 Å². The minimum Gasteiger partial charge on any atom is -0.481 e. The number of carboxylic acids is 1. The van der Waals surface area contributed by atoms with Gasteiger partial charge in [-0.2, -0.15) is 0 Å². The lowest BCUT2D eigenvalue weighted by molar-refractivity contribution is -0.137. The van der Waals surface area contributed by atoms with Gasteiger partial charge in [0.15, 0.2) is 0 Å². The maximum absolute atomic E-state index is 11.1. The first-order valence-electron chi connectivity index (χ1n) is 5.29. The van der Waals surface area contributed by atoms with Crippen LogP contribution in [0.4, 0.5) is 0 Å². The molecule has 0 rings (SSSR count). The van der Waals surface area contributed by atoms with Crippen molar-refractivity contribution in [2.75, 3.05) is 6.54 Å². The monoisotopic (exact) mass is 230 g/mol. The molecule has 4 N–H and O–H groups in total. The maximum atomic E-state index is 11.1. The molecule has 0 atom stereocenters. The summed E-state index contributed by atoms with van der Waals surface area (Å²) in [6, 6.07) is 0. The number of primary amides is 1. The number of nitrogens with one attached hydrogen (secondary N) is 1. The Morgan fingerprint density at radius 3 is 2.25 bits per heavy atom. The molecular formula is C10H18N2O4. The zero-order valence-corrected chi connectivity index (χ0v) is 9.20. The average molecular weight is 230 g/mol. The molecule has 0 spiro atoms. The van der Waals surface area contributed by atoms with Crippen molar-refractivity contribution in [1.29, 1.82) is 0 Å². The van der Waals surface area contributed by atoms with Gasteiger partial charge in [0.25, 0.3) is 0 Å². The Morgan fingerprint density at radius 1 is 1.00 bits per heavy atom. The Balaban J connectivity index is 3.30. The van der Waals surface area contributed by atoms with Crippen molar-refractivity contribution in [3.05, 3.63) is 0 Å². The number of carbonyl (C=O) groups is 3. The third-order valence-electron chi connectivity index (χ3n) is 1.97. The van der Waals surface area contributed by atoms with E-state index < -0.39 is 5.97 Å². The van der Waals surface area contributed by atoms with Gasteiger partial charge in [-0.05, 0) is 19.3 Å². The highest BCUT2D eigenvalue weighted by atomic mass is 16.4. The Labute approximate surface area is 94.2 Å². The smallest absolute Gasteiger partial charge is 0.303 e. The van der Waals surface area contributed by atoms with E-state index in [2.05, 4.69) is 5.32 Å². The first-order chi connectivity index (χ1) is 7.52. The third-order valence-corrected chi connectivity index (χ3v) is 1.97. The quantitative estimate of drug-likeness (QED) is 0.485. The fourth-order valence-corrected chi connectivity index (χ4v) is 1.14. The van der Waals surface area contributed by atoms with Crippen LogP contribution in [0.5, 0.6) is 0 Å². The Morgan fingerprint density at radius 2 is 1.69 bits per heavy atom. The van der Waals surface area contributed by atoms with Gasteiger partial charge in [0.1, 0.15) is 0 Å². The van der Waals surface area contributed by atoms with Gasteiger partial charge in [-0.1, -0.05) is 0 Å². The largest absolute Gasteiger partial charge is 0.481 e. The van der Waals surface area contributed by atoms with E-state index in [1.807, 2.05) is 0 Å². The van der Waals surface area contributed by atoms with E-state index in [0.717, 1.165) is 0 Å². The second-order valence-electron chi connectivity index (χ2n) is 3.52. The van der Waals surface area contributed by atoms with E-state index in [1.165, 1.54) is 0 Å². The molecule has 2 amide bonds. The SMILES string of the molecule is NC(=O)CCCCNC(=O)CCCC(=O)O. The highest BCUT2D eigenvalue weighted by molar-refractivity contribution is 5.76. The summed E-state index contributed by atoms with van der Waals surface area (Å²) < 4.78 is 0. The van der Waals surface area contributed by atoms with Crippen LogP contribution in [0.15, 0.2) is 0 Å². The molecule has 0 unspecified atom stereocenters. The van der Waals surface area contributed by atoms with E-state index >= 15 is 0 Å². The van der Waals surface area contributed by atoms with Crippen LogP contribution in [0.25, 0.3) is 0 Å². The summed E-state index contributed by atoms with van der Waals surface area (Å²) in [4.78, 5) is 31.7. The van der Waals surface area contributed by atoms with Crippen LogP contribution in [-0.2, 0) is 14.4 Å². The molecule has 0 aliphatic carbocycles. The second-order valence-corrected chi connectivity index (χ2v) is 3.52. The van der Waals surface area contributed by atoms with Crippen LogP contribution in [0, 0.1) is 0 Å². The summed E-state index contributed by atoms with van der Waals surface area (Å²) in [5, 5.41) is 11.0. The van der Waals surface area contributed by atoms with Gasteiger partial charge in [-0.15, -0.1) is 0 Å². The molecule has 0 aromatic rings. The van der Waals surface area contributed by atoms with Gasteiger partial charge in [0, 0.05) is 25.8 Å². The van der Waals surface area contributed by atoms with E-state index in [1.54, 1.807) is 0 Å². The van der Waals surface area contributed by atoms with Crippen molar-refractivity contribution in [2.45, 2.75) is 38.5 Å². The molecule has 6 heteroatoms. The molecule has 0 aromatic carbocycles. The number of unbranched alkanes of at least 4 members (excludes halogenated alkanes) is 1. The van der Waals surface area contributed by atoms with Crippen LogP contribution in [0.2, 0.25) is 0 Å². The number of hydrogen-bond donors (Lipinski definition) is 3. The molecule has 0 aliphatic heterocycles. The number of hydrogen-bond acceptors (Lipinski definition) is 3. The highest BCUT2D eigenvalue weighted by Gasteiger charge is 2.03. The number of carboxylic acid groups (broad SMARTS) is 1. The van der Waals surface area contributed by atoms with Crippen LogP contribution in [0.3, 0.4) is 0 Å². The average Bonchev–Trinajstić information content (AvgIpc) is 2.16. The number of aliphatic carboxylic acids is 1. The lowest BCUT2D eigenvalue weighted by Gasteiger charge is -2.03. The van der Waals surface area contributed by atoms with Crippen molar-refractivity contribution in [3.8, 4) is 0 Å². The Kier molecular flexibility index (Phi) is 7.83. The van der Waals surface area contributed by atoms with Gasteiger partial charge in [0.05, 0.1) is 0 Å². The van der Waals surface area contributed by atoms with Gasteiger partial charge in [0.2, 0.25) is 11.8 Å². The van der Waals surface area contributed by atoms with Crippen LogP contribution < -0.4 is 11.1 Å². The third kappa shape index (κ3) is 10.5. The molecular weight excluding hydrogens is 212 g/mol. The van der Waals surface area contributed by atoms with Crippen LogP contribution in [0.1, 0.15) is 38.5 Å². The normalized spacial score (nSPS) is 9.75. The summed E-state index contributed by atoms with van der Waals surface area (Å²) >= 11 is 0. The summed E-state index contributed by atoms with van der Waals surface area (Å²) in [6.07, 6.45) is 2.27. The van der Waals surface area contributed by atoms with E-state index in [9.17, 15) is 14.4 Å². The van der Waals surface area contributed by atoms with Crippen molar-refractivity contribution in [1.82, 2.24) is 5.32 Å². The molecule has 6 nitrogen and oxygen atoms in total. The Hall–Kier alpha value is -1.59. The van der Waals surface area contributed by atoms with Crippen molar-refractivity contribution < 1.29 is 19.5 Å². The molecule has 0 aliphatic rings. The molecule has 0 bridgehead atoms. The molecule has 0 fully saturated rings. The lowest BCUT2D eigenvalue weighted by atomic mass is 10.2. The first kappa shape index (κ1) is 14.4. The van der Waals surface area contributed by atoms with Crippen molar-refractivity contribution in [2.24, 2.45) is 5.73 Å². The number of amides is 2. The standard InChI is InChI=1S/C10H18N2O4/c11-8(13)4-1-2-7-12-9(14)5-3-6-10(15)16/h1-7H2,(H2,11,13)(H,12,14)(H,15,16). The molecule has 0 radical (unpaired) electrons. The first-order valence-corrected chi connectivity index (χ1v) is 5.29. The summed E-state index contributed by atoms with van der Waals surface area (Å²) in [6.45, 7) is 0.499. The minimum absolute atomic E-state index is 0.00902. The summed E-state index contributed by atoms with van der Waals surface area (Å²) in [5.74, 6) is -1.39. The minimum atomic E-state index is -0.894. The highest BCUT2D eigenvalue weighted by Crippen LogP contribution is 1.96. The van der Waals surface area contributed by atoms with E-state index in [-0.39, 0.29) is 24.7 Å². The van der Waals surface area contributed by atoms with Gasteiger partial charge >= 0.3 is 5.97 Å². The van der Waals surface area contributed by atoms with Crippen LogP contribution >= 0.6 is 0 Å². The molecule has 0 heterocycles. The van der Waals surface area contributed by atoms with Crippen molar-refractivity contribution in [3.63, 3.8) is 0 Å². The molecule has 92 valence electrons. The Bertz CT molecular complexity index is 253. The summed E-state index contributed by atoms with van der Waals surface area (Å²) in [5.41, 5.74) is 4.95. The predicted molar refractivity (Wildman–Crippen MR) is 57.5 cm³/mol. The molecule has 16 heavy (non-hydrogen) atoms. The van der Waals surface area contributed by atoms with Gasteiger partial charge < -0.3 is 16.2 Å². The van der Waals surface area contributed by atoms with E-state index in [0.29, 0.717) is 32.2 Å². The predicted octanol–water partition coefficient (Wildman–Crippen LogP) is 0.0131.